The minimum atomic E-state index is -0.154. The Morgan fingerprint density at radius 2 is 1.61 bits per heavy atom. The molecule has 6 heteroatoms. The van der Waals surface area contributed by atoms with Gasteiger partial charge in [0, 0.05) is 32.4 Å². The van der Waals surface area contributed by atoms with Crippen LogP contribution in [0.15, 0.2) is 42.5 Å². The van der Waals surface area contributed by atoms with Crippen molar-refractivity contribution in [1.29, 1.82) is 0 Å². The first-order valence-corrected chi connectivity index (χ1v) is 9.00. The average molecular weight is 384 g/mol. The van der Waals surface area contributed by atoms with Gasteiger partial charge in [-0.1, -0.05) is 12.1 Å². The molecule has 0 heterocycles. The van der Waals surface area contributed by atoms with Gasteiger partial charge in [0.1, 0.15) is 0 Å². The molecule has 0 bridgehead atoms. The van der Waals surface area contributed by atoms with Gasteiger partial charge in [-0.05, 0) is 47.9 Å². The molecule has 2 aromatic rings. The van der Waals surface area contributed by atoms with Crippen LogP contribution >= 0.6 is 0 Å². The van der Waals surface area contributed by atoms with E-state index in [1.807, 2.05) is 14.1 Å². The van der Waals surface area contributed by atoms with Gasteiger partial charge in [0.15, 0.2) is 11.5 Å². The molecule has 2 rings (SSSR count). The molecule has 0 radical (unpaired) electrons. The Morgan fingerprint density at radius 1 is 1.00 bits per heavy atom. The van der Waals surface area contributed by atoms with E-state index in [2.05, 4.69) is 34.5 Å². The number of rotatable bonds is 9. The van der Waals surface area contributed by atoms with Gasteiger partial charge in [-0.2, -0.15) is 0 Å². The van der Waals surface area contributed by atoms with Crippen LogP contribution in [0.5, 0.6) is 17.2 Å². The molecule has 1 N–H and O–H groups in total. The van der Waals surface area contributed by atoms with Gasteiger partial charge >= 0.3 is 0 Å². The van der Waals surface area contributed by atoms with Crippen molar-refractivity contribution in [2.45, 2.75) is 6.42 Å². The third-order valence-electron chi connectivity index (χ3n) is 4.28. The highest BCUT2D eigenvalue weighted by atomic mass is 16.5. The van der Waals surface area contributed by atoms with Gasteiger partial charge in [0.05, 0.1) is 21.3 Å². The van der Waals surface area contributed by atoms with Crippen LogP contribution in [0.4, 0.5) is 5.69 Å². The van der Waals surface area contributed by atoms with E-state index in [9.17, 15) is 4.79 Å². The first-order chi connectivity index (χ1) is 13.5. The van der Waals surface area contributed by atoms with Gasteiger partial charge in [-0.15, -0.1) is 0 Å². The minimum absolute atomic E-state index is 0.154. The number of hydrogen-bond acceptors (Lipinski definition) is 5. The molecule has 0 spiro atoms. The first kappa shape index (κ1) is 21.2. The SMILES string of the molecule is COc1cc(/C=C/C(=O)NCCc2ccc(N(C)C)cc2)cc(OC)c1OC. The lowest BCUT2D eigenvalue weighted by Crippen LogP contribution is -2.23. The van der Waals surface area contributed by atoms with E-state index in [0.29, 0.717) is 23.8 Å². The van der Waals surface area contributed by atoms with E-state index in [4.69, 9.17) is 14.2 Å². The van der Waals surface area contributed by atoms with Crippen molar-refractivity contribution >= 4 is 17.7 Å². The van der Waals surface area contributed by atoms with Crippen LogP contribution in [-0.2, 0) is 11.2 Å². The predicted molar refractivity (Wildman–Crippen MR) is 113 cm³/mol. The maximum Gasteiger partial charge on any atom is 0.244 e. The Morgan fingerprint density at radius 3 is 2.11 bits per heavy atom. The monoisotopic (exact) mass is 384 g/mol. The Hall–Kier alpha value is -3.15. The van der Waals surface area contributed by atoms with E-state index in [-0.39, 0.29) is 5.91 Å². The van der Waals surface area contributed by atoms with Crippen LogP contribution in [-0.4, -0.2) is 47.9 Å². The number of methoxy groups -OCH3 is 3. The summed E-state index contributed by atoms with van der Waals surface area (Å²) in [4.78, 5) is 14.1. The molecule has 2 aromatic carbocycles. The zero-order chi connectivity index (χ0) is 20.5. The van der Waals surface area contributed by atoms with Crippen LogP contribution in [0.3, 0.4) is 0 Å². The highest BCUT2D eigenvalue weighted by Crippen LogP contribution is 2.38. The highest BCUT2D eigenvalue weighted by molar-refractivity contribution is 5.91. The van der Waals surface area contributed by atoms with E-state index < -0.39 is 0 Å². The fourth-order valence-corrected chi connectivity index (χ4v) is 2.72. The number of amides is 1. The zero-order valence-electron chi connectivity index (χ0n) is 17.1. The number of ether oxygens (including phenoxy) is 3. The summed E-state index contributed by atoms with van der Waals surface area (Å²) in [6.07, 6.45) is 3.99. The average Bonchev–Trinajstić information content (AvgIpc) is 2.71. The Bertz CT molecular complexity index is 789. The Labute approximate surface area is 166 Å². The largest absolute Gasteiger partial charge is 0.493 e. The smallest absolute Gasteiger partial charge is 0.244 e. The summed E-state index contributed by atoms with van der Waals surface area (Å²) in [5.41, 5.74) is 3.12. The number of carbonyl (C=O) groups excluding carboxylic acids is 1. The third-order valence-corrected chi connectivity index (χ3v) is 4.28. The molecule has 0 aliphatic heterocycles. The number of hydrogen-bond donors (Lipinski definition) is 1. The Balaban J connectivity index is 1.92. The molecule has 0 unspecified atom stereocenters. The number of anilines is 1. The lowest BCUT2D eigenvalue weighted by molar-refractivity contribution is -0.116. The van der Waals surface area contributed by atoms with Gasteiger partial charge in [-0.25, -0.2) is 0 Å². The molecule has 0 aliphatic rings. The van der Waals surface area contributed by atoms with E-state index in [0.717, 1.165) is 17.7 Å². The van der Waals surface area contributed by atoms with Crippen molar-refractivity contribution < 1.29 is 19.0 Å². The quantitative estimate of drug-likeness (QED) is 0.673. The molecule has 0 saturated carbocycles. The van der Waals surface area contributed by atoms with Gasteiger partial charge in [0.25, 0.3) is 0 Å². The topological polar surface area (TPSA) is 60.0 Å². The minimum Gasteiger partial charge on any atom is -0.493 e. The predicted octanol–water partition coefficient (Wildman–Crippen LogP) is 3.15. The second-order valence-electron chi connectivity index (χ2n) is 6.39. The molecule has 150 valence electrons. The van der Waals surface area contributed by atoms with Crippen molar-refractivity contribution in [1.82, 2.24) is 5.32 Å². The highest BCUT2D eigenvalue weighted by Gasteiger charge is 2.12. The molecule has 0 fully saturated rings. The maximum atomic E-state index is 12.1. The summed E-state index contributed by atoms with van der Waals surface area (Å²) in [7, 11) is 8.69. The van der Waals surface area contributed by atoms with Crippen molar-refractivity contribution in [3.8, 4) is 17.2 Å². The number of nitrogens with one attached hydrogen (secondary N) is 1. The van der Waals surface area contributed by atoms with Crippen molar-refractivity contribution in [3.05, 3.63) is 53.6 Å². The normalized spacial score (nSPS) is 10.6. The van der Waals surface area contributed by atoms with Crippen LogP contribution in [0.1, 0.15) is 11.1 Å². The van der Waals surface area contributed by atoms with Gasteiger partial charge in [0.2, 0.25) is 11.7 Å². The zero-order valence-corrected chi connectivity index (χ0v) is 17.1. The fraction of sp³-hybridized carbons (Fsp3) is 0.318. The van der Waals surface area contributed by atoms with Crippen molar-refractivity contribution in [2.75, 3.05) is 46.9 Å². The number of carbonyl (C=O) groups is 1. The lowest BCUT2D eigenvalue weighted by atomic mass is 10.1. The standard InChI is InChI=1S/C22H28N2O4/c1-24(2)18-9-6-16(7-10-18)12-13-23-21(25)11-8-17-14-19(26-3)22(28-5)20(15-17)27-4/h6-11,14-15H,12-13H2,1-5H3,(H,23,25)/b11-8+. The lowest BCUT2D eigenvalue weighted by Gasteiger charge is -2.13. The first-order valence-electron chi connectivity index (χ1n) is 9.00. The van der Waals surface area contributed by atoms with Crippen LogP contribution in [0, 0.1) is 0 Å². The van der Waals surface area contributed by atoms with Crippen LogP contribution < -0.4 is 24.4 Å². The molecule has 0 aromatic heterocycles. The molecule has 28 heavy (non-hydrogen) atoms. The molecular weight excluding hydrogens is 356 g/mol. The number of nitrogens with zero attached hydrogens (tertiary/aromatic N) is 1. The van der Waals surface area contributed by atoms with Gasteiger partial charge in [-0.3, -0.25) is 4.79 Å². The molecule has 0 saturated heterocycles. The van der Waals surface area contributed by atoms with E-state index in [1.165, 1.54) is 11.6 Å². The molecule has 0 aliphatic carbocycles. The van der Waals surface area contributed by atoms with Crippen LogP contribution in [0.25, 0.3) is 6.08 Å². The van der Waals surface area contributed by atoms with Gasteiger partial charge < -0.3 is 24.4 Å². The molecule has 6 nitrogen and oxygen atoms in total. The van der Waals surface area contributed by atoms with E-state index in [1.54, 1.807) is 39.5 Å². The third kappa shape index (κ3) is 5.67. The summed E-state index contributed by atoms with van der Waals surface area (Å²) < 4.78 is 15.9. The van der Waals surface area contributed by atoms with Crippen molar-refractivity contribution in [2.24, 2.45) is 0 Å². The van der Waals surface area contributed by atoms with Crippen LogP contribution in [0.2, 0.25) is 0 Å². The summed E-state index contributed by atoms with van der Waals surface area (Å²) in [6.45, 7) is 0.569. The van der Waals surface area contributed by atoms with E-state index >= 15 is 0 Å². The summed E-state index contributed by atoms with van der Waals surface area (Å²) in [6, 6.07) is 11.9. The second-order valence-corrected chi connectivity index (χ2v) is 6.39. The number of benzene rings is 2. The van der Waals surface area contributed by atoms with Crippen molar-refractivity contribution in [3.63, 3.8) is 0 Å². The fourth-order valence-electron chi connectivity index (χ4n) is 2.72. The molecular formula is C22H28N2O4. The molecule has 0 atom stereocenters. The Kier molecular flexibility index (Phi) is 7.75. The summed E-state index contributed by atoms with van der Waals surface area (Å²) >= 11 is 0. The molecule has 1 amide bonds. The maximum absolute atomic E-state index is 12.1. The summed E-state index contributed by atoms with van der Waals surface area (Å²) in [5.74, 6) is 1.46. The summed E-state index contributed by atoms with van der Waals surface area (Å²) in [5, 5.41) is 2.90. The second kappa shape index (κ2) is 10.3.